The second-order valence-corrected chi connectivity index (χ2v) is 4.84. The van der Waals surface area contributed by atoms with Gasteiger partial charge in [0.25, 0.3) is 0 Å². The molecule has 0 bridgehead atoms. The summed E-state index contributed by atoms with van der Waals surface area (Å²) in [6.45, 7) is 4.41. The molecule has 1 aromatic heterocycles. The molecule has 0 aromatic carbocycles. The summed E-state index contributed by atoms with van der Waals surface area (Å²) in [6, 6.07) is 2.94. The number of unbranched alkanes of at least 4 members (excludes halogenated alkanes) is 3. The molecule has 0 atom stereocenters. The van der Waals surface area contributed by atoms with Gasteiger partial charge >= 0.3 is 0 Å². The molecule has 1 aliphatic carbocycles. The summed E-state index contributed by atoms with van der Waals surface area (Å²) < 4.78 is 2.10. The smallest absolute Gasteiger partial charge is 0.0492 e. The van der Waals surface area contributed by atoms with E-state index < -0.39 is 0 Å². The third-order valence-electron chi connectivity index (χ3n) is 3.24. The Morgan fingerprint density at radius 3 is 2.81 bits per heavy atom. The Labute approximate surface area is 98.2 Å². The van der Waals surface area contributed by atoms with Crippen LogP contribution in [0.1, 0.15) is 44.2 Å². The van der Waals surface area contributed by atoms with Crippen molar-refractivity contribution in [1.82, 2.24) is 15.1 Å². The Hall–Kier alpha value is -0.830. The van der Waals surface area contributed by atoms with E-state index in [9.17, 15) is 0 Å². The molecule has 3 nitrogen and oxygen atoms in total. The normalized spacial score (nSPS) is 15.6. The van der Waals surface area contributed by atoms with Gasteiger partial charge < -0.3 is 5.32 Å². The van der Waals surface area contributed by atoms with Gasteiger partial charge in [0.05, 0.1) is 0 Å². The monoisotopic (exact) mass is 221 g/mol. The van der Waals surface area contributed by atoms with E-state index in [4.69, 9.17) is 0 Å². The zero-order valence-corrected chi connectivity index (χ0v) is 10.3. The lowest BCUT2D eigenvalue weighted by Crippen LogP contribution is -2.17. The van der Waals surface area contributed by atoms with Crippen LogP contribution in [0.5, 0.6) is 0 Å². The number of nitrogens with zero attached hydrogens (tertiary/aromatic N) is 2. The maximum Gasteiger partial charge on any atom is 0.0492 e. The zero-order chi connectivity index (χ0) is 11.2. The van der Waals surface area contributed by atoms with Gasteiger partial charge in [-0.2, -0.15) is 5.10 Å². The van der Waals surface area contributed by atoms with Crippen molar-refractivity contribution in [3.8, 4) is 0 Å². The topological polar surface area (TPSA) is 29.9 Å². The van der Waals surface area contributed by atoms with E-state index >= 15 is 0 Å². The zero-order valence-electron chi connectivity index (χ0n) is 10.3. The van der Waals surface area contributed by atoms with Crippen LogP contribution >= 0.6 is 0 Å². The molecule has 0 spiro atoms. The Balaban J connectivity index is 1.44. The molecule has 2 rings (SSSR count). The molecular weight excluding hydrogens is 198 g/mol. The van der Waals surface area contributed by atoms with Gasteiger partial charge in [0.15, 0.2) is 0 Å². The minimum atomic E-state index is 0.867. The summed E-state index contributed by atoms with van der Waals surface area (Å²) in [4.78, 5) is 0. The Morgan fingerprint density at radius 1 is 1.31 bits per heavy atom. The first kappa shape index (κ1) is 11.6. The fraction of sp³-hybridized carbons (Fsp3) is 0.769. The number of aryl methyl sites for hydroxylation is 2. The molecule has 16 heavy (non-hydrogen) atoms. The van der Waals surface area contributed by atoms with Crippen molar-refractivity contribution >= 4 is 0 Å². The van der Waals surface area contributed by atoms with E-state index in [-0.39, 0.29) is 0 Å². The van der Waals surface area contributed by atoms with Crippen LogP contribution in [-0.2, 0) is 6.54 Å². The first-order valence-electron chi connectivity index (χ1n) is 6.58. The van der Waals surface area contributed by atoms with Gasteiger partial charge in [-0.1, -0.05) is 12.8 Å². The van der Waals surface area contributed by atoms with Crippen molar-refractivity contribution in [3.63, 3.8) is 0 Å². The van der Waals surface area contributed by atoms with Crippen LogP contribution in [0.3, 0.4) is 0 Å². The summed E-state index contributed by atoms with van der Waals surface area (Å²) in [7, 11) is 0. The van der Waals surface area contributed by atoms with Gasteiger partial charge in [-0.25, -0.2) is 0 Å². The molecule has 90 valence electrons. The molecule has 1 aromatic rings. The van der Waals surface area contributed by atoms with Crippen LogP contribution < -0.4 is 5.32 Å². The Bertz CT molecular complexity index is 302. The lowest BCUT2D eigenvalue weighted by atomic mass is 10.2. The fourth-order valence-electron chi connectivity index (χ4n) is 1.97. The van der Waals surface area contributed by atoms with E-state index in [0.717, 1.165) is 12.6 Å². The largest absolute Gasteiger partial charge is 0.314 e. The molecule has 0 amide bonds. The van der Waals surface area contributed by atoms with Crippen molar-refractivity contribution in [2.24, 2.45) is 0 Å². The number of aromatic nitrogens is 2. The predicted molar refractivity (Wildman–Crippen MR) is 66.5 cm³/mol. The van der Waals surface area contributed by atoms with Crippen molar-refractivity contribution in [2.45, 2.75) is 58.0 Å². The molecule has 1 fully saturated rings. The van der Waals surface area contributed by atoms with E-state index in [1.165, 1.54) is 50.8 Å². The second-order valence-electron chi connectivity index (χ2n) is 4.84. The molecule has 0 aliphatic heterocycles. The SMILES string of the molecule is Cc1ccnn1CCCCCCNC1CC1. The molecule has 3 heteroatoms. The average Bonchev–Trinajstić information content (AvgIpc) is 3.01. The quantitative estimate of drug-likeness (QED) is 0.684. The van der Waals surface area contributed by atoms with E-state index in [1.54, 1.807) is 0 Å². The molecule has 1 heterocycles. The molecule has 1 saturated carbocycles. The van der Waals surface area contributed by atoms with Crippen LogP contribution in [0, 0.1) is 6.92 Å². The number of nitrogens with one attached hydrogen (secondary N) is 1. The fourth-order valence-corrected chi connectivity index (χ4v) is 1.97. The standard InChI is InChI=1S/C13H23N3/c1-12-8-10-15-16(12)11-5-3-2-4-9-14-13-6-7-13/h8,10,13-14H,2-7,9,11H2,1H3. The summed E-state index contributed by atoms with van der Waals surface area (Å²) in [6.07, 6.45) is 9.94. The highest BCUT2D eigenvalue weighted by molar-refractivity contribution is 4.96. The van der Waals surface area contributed by atoms with Crippen molar-refractivity contribution in [3.05, 3.63) is 18.0 Å². The minimum absolute atomic E-state index is 0.867. The van der Waals surface area contributed by atoms with Crippen molar-refractivity contribution < 1.29 is 0 Å². The summed E-state index contributed by atoms with van der Waals surface area (Å²) in [5.41, 5.74) is 1.27. The van der Waals surface area contributed by atoms with Gasteiger partial charge in [-0.05, 0) is 45.2 Å². The number of hydrogen-bond acceptors (Lipinski definition) is 2. The highest BCUT2D eigenvalue weighted by atomic mass is 15.3. The van der Waals surface area contributed by atoms with Gasteiger partial charge in [0.1, 0.15) is 0 Å². The van der Waals surface area contributed by atoms with Crippen molar-refractivity contribution in [2.75, 3.05) is 6.54 Å². The lowest BCUT2D eigenvalue weighted by Gasteiger charge is -2.05. The van der Waals surface area contributed by atoms with Gasteiger partial charge in [-0.3, -0.25) is 4.68 Å². The second kappa shape index (κ2) is 6.04. The lowest BCUT2D eigenvalue weighted by molar-refractivity contribution is 0.517. The van der Waals surface area contributed by atoms with Crippen LogP contribution in [0.25, 0.3) is 0 Å². The summed E-state index contributed by atoms with van der Waals surface area (Å²) in [5, 5.41) is 7.84. The van der Waals surface area contributed by atoms with Gasteiger partial charge in [0.2, 0.25) is 0 Å². The first-order chi connectivity index (χ1) is 7.86. The number of rotatable bonds is 8. The number of hydrogen-bond donors (Lipinski definition) is 1. The van der Waals surface area contributed by atoms with E-state index in [1.807, 2.05) is 6.20 Å². The third-order valence-corrected chi connectivity index (χ3v) is 3.24. The van der Waals surface area contributed by atoms with Gasteiger partial charge in [0, 0.05) is 24.5 Å². The van der Waals surface area contributed by atoms with Gasteiger partial charge in [-0.15, -0.1) is 0 Å². The molecule has 1 N–H and O–H groups in total. The Morgan fingerprint density at radius 2 is 2.12 bits per heavy atom. The summed E-state index contributed by atoms with van der Waals surface area (Å²) in [5.74, 6) is 0. The average molecular weight is 221 g/mol. The third kappa shape index (κ3) is 3.97. The predicted octanol–water partition coefficient (Wildman–Crippen LogP) is 2.50. The van der Waals surface area contributed by atoms with Crippen LogP contribution in [0.4, 0.5) is 0 Å². The minimum Gasteiger partial charge on any atom is -0.314 e. The van der Waals surface area contributed by atoms with E-state index in [0.29, 0.717) is 0 Å². The maximum absolute atomic E-state index is 4.29. The molecule has 0 radical (unpaired) electrons. The van der Waals surface area contributed by atoms with Crippen LogP contribution in [-0.4, -0.2) is 22.4 Å². The van der Waals surface area contributed by atoms with Crippen LogP contribution in [0.15, 0.2) is 12.3 Å². The highest BCUT2D eigenvalue weighted by Gasteiger charge is 2.19. The molecule has 0 unspecified atom stereocenters. The highest BCUT2D eigenvalue weighted by Crippen LogP contribution is 2.18. The Kier molecular flexibility index (Phi) is 4.40. The molecule has 1 aliphatic rings. The van der Waals surface area contributed by atoms with E-state index in [2.05, 4.69) is 28.1 Å². The first-order valence-corrected chi connectivity index (χ1v) is 6.58. The maximum atomic E-state index is 4.29. The van der Waals surface area contributed by atoms with Crippen molar-refractivity contribution in [1.29, 1.82) is 0 Å². The summed E-state index contributed by atoms with van der Waals surface area (Å²) >= 11 is 0. The molecular formula is C13H23N3. The molecule has 0 saturated heterocycles. The van der Waals surface area contributed by atoms with Crippen LogP contribution in [0.2, 0.25) is 0 Å².